The summed E-state index contributed by atoms with van der Waals surface area (Å²) >= 11 is 3.41. The number of hydrogen-bond acceptors (Lipinski definition) is 1. The summed E-state index contributed by atoms with van der Waals surface area (Å²) in [4.78, 5) is 2.11. The fraction of sp³-hybridized carbons (Fsp3) is 0.500. The number of rotatable bonds is 3. The fourth-order valence-electron chi connectivity index (χ4n) is 0.655. The maximum atomic E-state index is 3.72. The van der Waals surface area contributed by atoms with Gasteiger partial charge in [-0.2, -0.15) is 0 Å². The van der Waals surface area contributed by atoms with Gasteiger partial charge < -0.3 is 4.90 Å². The molecule has 0 aliphatic heterocycles. The van der Waals surface area contributed by atoms with E-state index in [0.29, 0.717) is 0 Å². The van der Waals surface area contributed by atoms with Gasteiger partial charge in [-0.05, 0) is 31.1 Å². The predicted molar refractivity (Wildman–Crippen MR) is 50.4 cm³/mol. The van der Waals surface area contributed by atoms with Gasteiger partial charge in [0.1, 0.15) is 0 Å². The molecule has 0 aromatic carbocycles. The highest BCUT2D eigenvalue weighted by Gasteiger charge is 1.96. The van der Waals surface area contributed by atoms with Crippen LogP contribution in [0.15, 0.2) is 22.7 Å². The molecular weight excluding hydrogens is 190 g/mol. The molecular formula is C8H14BrN. The van der Waals surface area contributed by atoms with Gasteiger partial charge in [0.2, 0.25) is 0 Å². The summed E-state index contributed by atoms with van der Waals surface area (Å²) in [5, 5.41) is 0. The summed E-state index contributed by atoms with van der Waals surface area (Å²) in [6.07, 6.45) is 1.88. The predicted octanol–water partition coefficient (Wildman–Crippen LogP) is 2.40. The normalized spacial score (nSPS) is 13.3. The lowest BCUT2D eigenvalue weighted by Crippen LogP contribution is -2.14. The lowest BCUT2D eigenvalue weighted by atomic mass is 10.2. The van der Waals surface area contributed by atoms with Gasteiger partial charge in [-0.15, -0.1) is 0 Å². The monoisotopic (exact) mass is 203 g/mol. The first-order valence-corrected chi connectivity index (χ1v) is 3.99. The van der Waals surface area contributed by atoms with Crippen molar-refractivity contribution < 1.29 is 0 Å². The third kappa shape index (κ3) is 3.85. The van der Waals surface area contributed by atoms with Gasteiger partial charge in [0.05, 0.1) is 0 Å². The highest BCUT2D eigenvalue weighted by atomic mass is 79.9. The Kier molecular flexibility index (Phi) is 4.65. The number of hydrogen-bond donors (Lipinski definition) is 0. The zero-order valence-electron chi connectivity index (χ0n) is 6.82. The largest absolute Gasteiger partial charge is 0.305 e. The molecule has 0 aromatic rings. The molecule has 0 heterocycles. The summed E-state index contributed by atoms with van der Waals surface area (Å²) < 4.78 is 1.16. The van der Waals surface area contributed by atoms with Gasteiger partial charge in [-0.3, -0.25) is 0 Å². The van der Waals surface area contributed by atoms with Crippen molar-refractivity contribution in [3.63, 3.8) is 0 Å². The lowest BCUT2D eigenvalue weighted by Gasteiger charge is -2.10. The minimum Gasteiger partial charge on any atom is -0.305 e. The molecule has 0 aliphatic carbocycles. The quantitative estimate of drug-likeness (QED) is 0.638. The molecule has 1 nitrogen and oxygen atoms in total. The van der Waals surface area contributed by atoms with Crippen LogP contribution in [0.3, 0.4) is 0 Å². The van der Waals surface area contributed by atoms with Crippen LogP contribution in [-0.4, -0.2) is 25.5 Å². The van der Waals surface area contributed by atoms with E-state index in [1.54, 1.807) is 0 Å². The molecule has 0 amide bonds. The molecule has 2 heteroatoms. The summed E-state index contributed by atoms with van der Waals surface area (Å²) in [5.74, 6) is 0. The number of halogens is 1. The molecule has 0 spiro atoms. The minimum absolute atomic E-state index is 0.945. The van der Waals surface area contributed by atoms with E-state index in [1.807, 2.05) is 27.1 Å². The summed E-state index contributed by atoms with van der Waals surface area (Å²) in [6, 6.07) is 0. The van der Waals surface area contributed by atoms with Gasteiger partial charge in [0.15, 0.2) is 0 Å². The molecule has 0 saturated carbocycles. The maximum absolute atomic E-state index is 3.72. The molecule has 0 atom stereocenters. The molecule has 0 radical (unpaired) electrons. The Hall–Kier alpha value is -0.0800. The summed E-state index contributed by atoms with van der Waals surface area (Å²) in [6.45, 7) is 6.69. The molecule has 58 valence electrons. The number of nitrogens with zero attached hydrogens (tertiary/aromatic N) is 1. The van der Waals surface area contributed by atoms with Crippen molar-refractivity contribution in [2.45, 2.75) is 6.92 Å². The Morgan fingerprint density at radius 2 is 2.10 bits per heavy atom. The van der Waals surface area contributed by atoms with Crippen LogP contribution in [-0.2, 0) is 0 Å². The molecule has 0 rings (SSSR count). The standard InChI is InChI=1S/C8H14BrN/c1-5-8(7(2)9)6-10(3)4/h5H,1,6H2,2-4H3/b8-7-. The first kappa shape index (κ1) is 9.92. The Labute approximate surface area is 71.5 Å². The van der Waals surface area contributed by atoms with E-state index in [4.69, 9.17) is 0 Å². The van der Waals surface area contributed by atoms with E-state index in [2.05, 4.69) is 27.4 Å². The second kappa shape index (κ2) is 4.69. The fourth-order valence-corrected chi connectivity index (χ4v) is 0.942. The van der Waals surface area contributed by atoms with Crippen molar-refractivity contribution in [1.82, 2.24) is 4.90 Å². The van der Waals surface area contributed by atoms with E-state index in [1.165, 1.54) is 5.57 Å². The van der Waals surface area contributed by atoms with Gasteiger partial charge in [0, 0.05) is 6.54 Å². The maximum Gasteiger partial charge on any atom is 0.0235 e. The zero-order valence-corrected chi connectivity index (χ0v) is 8.40. The van der Waals surface area contributed by atoms with Gasteiger partial charge in [-0.25, -0.2) is 0 Å². The summed E-state index contributed by atoms with van der Waals surface area (Å²) in [5.41, 5.74) is 1.24. The average molecular weight is 204 g/mol. The van der Waals surface area contributed by atoms with Crippen molar-refractivity contribution in [2.24, 2.45) is 0 Å². The van der Waals surface area contributed by atoms with E-state index in [-0.39, 0.29) is 0 Å². The van der Waals surface area contributed by atoms with Crippen molar-refractivity contribution in [3.05, 3.63) is 22.7 Å². The zero-order chi connectivity index (χ0) is 8.15. The second-order valence-corrected chi connectivity index (χ2v) is 3.69. The summed E-state index contributed by atoms with van der Waals surface area (Å²) in [7, 11) is 4.08. The smallest absolute Gasteiger partial charge is 0.0235 e. The van der Waals surface area contributed by atoms with Crippen molar-refractivity contribution in [2.75, 3.05) is 20.6 Å². The highest BCUT2D eigenvalue weighted by molar-refractivity contribution is 9.11. The van der Waals surface area contributed by atoms with Crippen LogP contribution in [0.1, 0.15) is 6.92 Å². The van der Waals surface area contributed by atoms with E-state index >= 15 is 0 Å². The van der Waals surface area contributed by atoms with Crippen LogP contribution >= 0.6 is 15.9 Å². The second-order valence-electron chi connectivity index (χ2n) is 2.50. The van der Waals surface area contributed by atoms with Crippen LogP contribution in [0.2, 0.25) is 0 Å². The molecule has 10 heavy (non-hydrogen) atoms. The molecule has 0 bridgehead atoms. The van der Waals surface area contributed by atoms with Crippen LogP contribution < -0.4 is 0 Å². The first-order valence-electron chi connectivity index (χ1n) is 3.20. The molecule has 0 fully saturated rings. The molecule has 0 aromatic heterocycles. The average Bonchev–Trinajstić information content (AvgIpc) is 1.81. The SMILES string of the molecule is C=C/C(CN(C)C)=C(\C)Br. The van der Waals surface area contributed by atoms with Crippen molar-refractivity contribution in [3.8, 4) is 0 Å². The van der Waals surface area contributed by atoms with Crippen molar-refractivity contribution >= 4 is 15.9 Å². The number of likely N-dealkylation sites (N-methyl/N-ethyl adjacent to an activating group) is 1. The highest BCUT2D eigenvalue weighted by Crippen LogP contribution is 2.11. The van der Waals surface area contributed by atoms with E-state index < -0.39 is 0 Å². The first-order chi connectivity index (χ1) is 4.57. The Morgan fingerprint density at radius 3 is 2.20 bits per heavy atom. The molecule has 0 saturated heterocycles. The van der Waals surface area contributed by atoms with E-state index in [9.17, 15) is 0 Å². The van der Waals surface area contributed by atoms with Crippen LogP contribution in [0.25, 0.3) is 0 Å². The van der Waals surface area contributed by atoms with Gasteiger partial charge in [0.25, 0.3) is 0 Å². The molecule has 0 N–H and O–H groups in total. The Morgan fingerprint density at radius 1 is 1.60 bits per heavy atom. The Balaban J connectivity index is 4.11. The third-order valence-electron chi connectivity index (χ3n) is 1.18. The van der Waals surface area contributed by atoms with Crippen LogP contribution in [0.4, 0.5) is 0 Å². The topological polar surface area (TPSA) is 3.24 Å². The minimum atomic E-state index is 0.945. The van der Waals surface area contributed by atoms with Crippen LogP contribution in [0, 0.1) is 0 Å². The van der Waals surface area contributed by atoms with Gasteiger partial charge in [-0.1, -0.05) is 28.6 Å². The third-order valence-corrected chi connectivity index (χ3v) is 1.68. The van der Waals surface area contributed by atoms with Crippen molar-refractivity contribution in [1.29, 1.82) is 0 Å². The lowest BCUT2D eigenvalue weighted by molar-refractivity contribution is 0.448. The molecule has 0 aliphatic rings. The Bertz CT molecular complexity index is 143. The van der Waals surface area contributed by atoms with E-state index in [0.717, 1.165) is 11.0 Å². The van der Waals surface area contributed by atoms with Crippen LogP contribution in [0.5, 0.6) is 0 Å². The molecule has 0 unspecified atom stereocenters. The number of allylic oxidation sites excluding steroid dienone is 1. The van der Waals surface area contributed by atoms with Gasteiger partial charge >= 0.3 is 0 Å².